The number of fused-ring (bicyclic) bond motifs is 39. The van der Waals surface area contributed by atoms with Gasteiger partial charge in [0.15, 0.2) is 0 Å². The van der Waals surface area contributed by atoms with Crippen molar-refractivity contribution in [2.75, 3.05) is 0 Å². The molecule has 378 valence electrons. The van der Waals surface area contributed by atoms with Crippen LogP contribution in [0.2, 0.25) is 0 Å². The summed E-state index contributed by atoms with van der Waals surface area (Å²) in [7, 11) is 0. The Morgan fingerprint density at radius 3 is 1.42 bits per heavy atom. The minimum absolute atomic E-state index is 0.883. The zero-order valence-corrected chi connectivity index (χ0v) is 45.6. The van der Waals surface area contributed by atoms with Crippen LogP contribution in [0, 0.1) is 219 Å². The maximum absolute atomic E-state index is 4.07. The number of rotatable bonds is 2. The summed E-state index contributed by atoms with van der Waals surface area (Å²) in [6.07, 6.45) is 37.8. The van der Waals surface area contributed by atoms with Crippen LogP contribution in [-0.4, -0.2) is 0 Å². The second-order valence-corrected chi connectivity index (χ2v) is 31.3. The molecule has 18 aliphatic carbocycles. The molecule has 18 aliphatic rings. The molecule has 37 atom stereocenters. The molecule has 69 heavy (non-hydrogen) atoms. The van der Waals surface area contributed by atoms with Crippen molar-refractivity contribution in [2.45, 2.75) is 159 Å². The zero-order chi connectivity index (χ0) is 46.8. The summed E-state index contributed by atoms with van der Waals surface area (Å²) in [5, 5.41) is 0. The Hall–Kier alpha value is -1.04. The van der Waals surface area contributed by atoms with E-state index in [1.54, 1.807) is 57.8 Å². The lowest BCUT2D eigenvalue weighted by atomic mass is 9.59. The molecule has 0 aliphatic heterocycles. The Bertz CT molecular complexity index is 2100. The molecule has 0 aromatic heterocycles. The van der Waals surface area contributed by atoms with Crippen molar-refractivity contribution in [1.82, 2.24) is 0 Å². The maximum atomic E-state index is 4.07. The molecule has 16 bridgehead atoms. The first-order chi connectivity index (χ1) is 33.5. The minimum atomic E-state index is 0.883. The third kappa shape index (κ3) is 6.00. The lowest BCUT2D eigenvalue weighted by molar-refractivity contribution is 0.0279. The van der Waals surface area contributed by atoms with E-state index in [2.05, 4.69) is 105 Å². The topological polar surface area (TPSA) is 0 Å². The fourth-order valence-electron chi connectivity index (χ4n) is 28.4. The minimum Gasteiger partial charge on any atom is -0.103 e. The van der Waals surface area contributed by atoms with E-state index in [1.807, 2.05) is 5.57 Å². The van der Waals surface area contributed by atoms with Gasteiger partial charge in [-0.3, -0.25) is 0 Å². The smallest absolute Gasteiger partial charge is 0.0166 e. The molecule has 16 saturated carbocycles. The predicted molar refractivity (Wildman–Crippen MR) is 286 cm³/mol. The quantitative estimate of drug-likeness (QED) is 0.191. The molecule has 0 aromatic rings. The molecule has 0 N–H and O–H groups in total. The largest absolute Gasteiger partial charge is 0.103 e. The maximum Gasteiger partial charge on any atom is -0.0166 e. The highest BCUT2D eigenvalue weighted by molar-refractivity contribution is 5.26. The van der Waals surface area contributed by atoms with Crippen molar-refractivity contribution in [3.05, 3.63) is 48.6 Å². The van der Waals surface area contributed by atoms with Gasteiger partial charge in [0.1, 0.15) is 0 Å². The first-order valence-electron chi connectivity index (χ1n) is 32.1. The van der Waals surface area contributed by atoms with E-state index in [-0.39, 0.29) is 0 Å². The van der Waals surface area contributed by atoms with Crippen LogP contribution in [0.4, 0.5) is 0 Å². The van der Waals surface area contributed by atoms with Crippen molar-refractivity contribution < 1.29 is 0 Å². The Morgan fingerprint density at radius 1 is 0.391 bits per heavy atom. The van der Waals surface area contributed by atoms with E-state index in [9.17, 15) is 0 Å². The van der Waals surface area contributed by atoms with E-state index in [4.69, 9.17) is 0 Å². The summed E-state index contributed by atoms with van der Waals surface area (Å²) >= 11 is 0. The molecule has 0 aromatic carbocycles. The van der Waals surface area contributed by atoms with Gasteiger partial charge in [-0.2, -0.15) is 0 Å². The van der Waals surface area contributed by atoms with Gasteiger partial charge < -0.3 is 0 Å². The van der Waals surface area contributed by atoms with Crippen molar-refractivity contribution in [3.63, 3.8) is 0 Å². The van der Waals surface area contributed by atoms with E-state index >= 15 is 0 Å². The molecule has 0 heteroatoms. The van der Waals surface area contributed by atoms with E-state index in [1.165, 1.54) is 50.4 Å². The van der Waals surface area contributed by atoms with Gasteiger partial charge in [-0.05, 0) is 322 Å². The number of allylic oxidation sites excluding steroid dienone is 7. The highest BCUT2D eigenvalue weighted by atomic mass is 14.7. The second kappa shape index (κ2) is 16.2. The van der Waals surface area contributed by atoms with Crippen LogP contribution in [0.25, 0.3) is 0 Å². The van der Waals surface area contributed by atoms with Crippen LogP contribution in [0.1, 0.15) is 159 Å². The van der Waals surface area contributed by atoms with Crippen molar-refractivity contribution >= 4 is 0 Å². The van der Waals surface area contributed by atoms with Crippen molar-refractivity contribution in [1.29, 1.82) is 0 Å². The van der Waals surface area contributed by atoms with Crippen molar-refractivity contribution in [2.24, 2.45) is 219 Å². The second-order valence-electron chi connectivity index (χ2n) is 31.3. The van der Waals surface area contributed by atoms with E-state index in [0.717, 1.165) is 207 Å². The summed E-state index contributed by atoms with van der Waals surface area (Å²) in [6.45, 7) is 26.7. The molecule has 37 unspecified atom stereocenters. The molecule has 0 nitrogen and oxygen atoms in total. The normalized spacial score (nSPS) is 65.9. The summed E-state index contributed by atoms with van der Waals surface area (Å²) < 4.78 is 0. The lowest BCUT2D eigenvalue weighted by Crippen LogP contribution is -2.41. The van der Waals surface area contributed by atoms with Gasteiger partial charge in [-0.1, -0.05) is 97.4 Å². The van der Waals surface area contributed by atoms with Gasteiger partial charge >= 0.3 is 0 Å². The van der Waals surface area contributed by atoms with Crippen LogP contribution < -0.4 is 0 Å². The molecular formula is C69H102. The highest BCUT2D eigenvalue weighted by Crippen LogP contribution is 2.76. The van der Waals surface area contributed by atoms with Crippen LogP contribution in [-0.2, 0) is 0 Å². The van der Waals surface area contributed by atoms with Crippen LogP contribution in [0.5, 0.6) is 0 Å². The molecule has 0 spiro atoms. The van der Waals surface area contributed by atoms with E-state index < -0.39 is 0 Å². The molecular weight excluding hydrogens is 829 g/mol. The monoisotopic (exact) mass is 931 g/mol. The van der Waals surface area contributed by atoms with Gasteiger partial charge in [0.05, 0.1) is 0 Å². The lowest BCUT2D eigenvalue weighted by Gasteiger charge is -2.45. The Kier molecular flexibility index (Phi) is 10.7. The summed E-state index contributed by atoms with van der Waals surface area (Å²) in [4.78, 5) is 0. The molecule has 0 saturated heterocycles. The van der Waals surface area contributed by atoms with Crippen molar-refractivity contribution in [3.8, 4) is 0 Å². The van der Waals surface area contributed by atoms with Gasteiger partial charge in [0.25, 0.3) is 0 Å². The SMILES string of the molecule is C/C=C1\CC2CC1C1C3CC(C(C)C3C)C21.C=CC1CC2CC1C1C3CC(C(C)C3C)C21.CC1C(C)C2CC1C1C3CC(C4CC=CC43)C21.CC1C(C)C2CC1C1C3CC(C4CC=CCC4)C(C3)C21. The number of hydrogen-bond donors (Lipinski definition) is 0. The average Bonchev–Trinajstić information content (AvgIpc) is 4.19. The fraction of sp³-hybridized carbons (Fsp3) is 0.884. The Morgan fingerprint density at radius 2 is 0.855 bits per heavy atom. The van der Waals surface area contributed by atoms with Crippen LogP contribution >= 0.6 is 0 Å². The molecule has 16 fully saturated rings. The van der Waals surface area contributed by atoms with E-state index in [0.29, 0.717) is 0 Å². The standard InChI is InChI=1S/C20H30.C17H24.2C16H24/c1-11-12(2)16-10-15(11)19-14-8-17(18(9-14)20(16)19)13-6-4-3-5-7-13;1-8-9(2)13-6-12(8)16-14-7-15(17(13)16)11-5-3-4-10(11)14;2*1-4-10-5-11-6-14(10)16-13-7-12(15(11)16)8(2)9(13)3/h3-4,11-20H,5-10H2,1-2H3;3-4,8-17H,5-7H2,1-2H3;4,8-9,11-16H,5-7H2,1-3H3;4,8-16H,1,5-7H2,2-3H3/b;;10-4+;. The third-order valence-corrected chi connectivity index (χ3v) is 31.1. The summed E-state index contributed by atoms with van der Waals surface area (Å²) in [6, 6.07) is 0. The van der Waals surface area contributed by atoms with Gasteiger partial charge in [-0.15, -0.1) is 6.58 Å². The Labute approximate surface area is 424 Å². The molecule has 0 radical (unpaired) electrons. The average molecular weight is 932 g/mol. The molecule has 0 amide bonds. The molecule has 18 rings (SSSR count). The highest BCUT2D eigenvalue weighted by Gasteiger charge is 2.70. The Balaban J connectivity index is 0.0000000836. The summed E-state index contributed by atoms with van der Waals surface area (Å²) in [5.41, 5.74) is 1.83. The first kappa shape index (κ1) is 45.4. The summed E-state index contributed by atoms with van der Waals surface area (Å²) in [5.74, 6) is 40.2. The first-order valence-corrected chi connectivity index (χ1v) is 32.1. The fourth-order valence-corrected chi connectivity index (χ4v) is 28.4. The van der Waals surface area contributed by atoms with Crippen LogP contribution in [0.15, 0.2) is 48.6 Å². The third-order valence-electron chi connectivity index (χ3n) is 31.1. The molecule has 0 heterocycles. The van der Waals surface area contributed by atoms with Gasteiger partial charge in [-0.25, -0.2) is 0 Å². The van der Waals surface area contributed by atoms with Gasteiger partial charge in [0, 0.05) is 0 Å². The van der Waals surface area contributed by atoms with Gasteiger partial charge in [0.2, 0.25) is 0 Å². The number of hydrogen-bond acceptors (Lipinski definition) is 0. The predicted octanol–water partition coefficient (Wildman–Crippen LogP) is 17.2. The zero-order valence-electron chi connectivity index (χ0n) is 45.6. The van der Waals surface area contributed by atoms with Crippen LogP contribution in [0.3, 0.4) is 0 Å².